The first-order valence-corrected chi connectivity index (χ1v) is 11.5. The van der Waals surface area contributed by atoms with Crippen LogP contribution in [0.5, 0.6) is 0 Å². The molecule has 4 aromatic rings. The lowest BCUT2D eigenvalue weighted by Gasteiger charge is -2.17. The number of nitrogens with zero attached hydrogens (tertiary/aromatic N) is 5. The number of benzene rings is 2. The average Bonchev–Trinajstić information content (AvgIpc) is 3.13. The summed E-state index contributed by atoms with van der Waals surface area (Å²) in [6.45, 7) is 5.52. The molecule has 3 N–H and O–H groups in total. The number of fused-ring (bicyclic) bond motifs is 1. The van der Waals surface area contributed by atoms with Gasteiger partial charge < -0.3 is 10.2 Å². The number of hydrogen-bond donors (Lipinski definition) is 3. The van der Waals surface area contributed by atoms with Gasteiger partial charge in [0.15, 0.2) is 0 Å². The molecular weight excluding hydrogens is 428 g/mol. The number of aryl methyl sites for hydroxylation is 1. The molecule has 0 spiro atoms. The lowest BCUT2D eigenvalue weighted by Crippen LogP contribution is -2.30. The molecule has 0 aliphatic carbocycles. The van der Waals surface area contributed by atoms with Gasteiger partial charge in [-0.25, -0.2) is 23.1 Å². The molecule has 0 aliphatic rings. The first-order valence-electron chi connectivity index (χ1n) is 10.00. The lowest BCUT2D eigenvalue weighted by atomic mass is 10.2. The molecule has 0 saturated carbocycles. The second kappa shape index (κ2) is 8.52. The third kappa shape index (κ3) is 4.53. The Morgan fingerprint density at radius 2 is 1.91 bits per heavy atom. The van der Waals surface area contributed by atoms with Gasteiger partial charge in [0.2, 0.25) is 21.9 Å². The van der Waals surface area contributed by atoms with Crippen LogP contribution in [-0.4, -0.2) is 46.7 Å². The van der Waals surface area contributed by atoms with Crippen LogP contribution in [0, 0.1) is 6.92 Å². The second-order valence-corrected chi connectivity index (χ2v) is 9.36. The molecule has 0 radical (unpaired) electrons. The van der Waals surface area contributed by atoms with Crippen molar-refractivity contribution < 1.29 is 8.42 Å². The fourth-order valence-corrected chi connectivity index (χ4v) is 4.51. The number of aromatic amines is 1. The highest BCUT2D eigenvalue weighted by atomic mass is 32.2. The van der Waals surface area contributed by atoms with Crippen molar-refractivity contribution in [3.63, 3.8) is 0 Å². The Bertz CT molecular complexity index is 1370. The zero-order chi connectivity index (χ0) is 22.9. The van der Waals surface area contributed by atoms with E-state index < -0.39 is 10.0 Å². The van der Waals surface area contributed by atoms with E-state index in [0.29, 0.717) is 17.6 Å². The molecule has 32 heavy (non-hydrogen) atoms. The molecule has 2 heterocycles. The Hall–Kier alpha value is -3.57. The minimum Gasteiger partial charge on any atom is -0.324 e. The van der Waals surface area contributed by atoms with Gasteiger partial charge in [0, 0.05) is 35.5 Å². The fraction of sp³-hybridized carbons (Fsp3) is 0.238. The number of rotatable bonds is 7. The molecule has 166 valence electrons. The summed E-state index contributed by atoms with van der Waals surface area (Å²) in [5.41, 5.74) is 3.28. The summed E-state index contributed by atoms with van der Waals surface area (Å²) >= 11 is 0. The van der Waals surface area contributed by atoms with Crippen LogP contribution in [0.1, 0.15) is 19.5 Å². The highest BCUT2D eigenvalue weighted by Crippen LogP contribution is 2.26. The van der Waals surface area contributed by atoms with E-state index in [-0.39, 0.29) is 10.9 Å². The predicted molar refractivity (Wildman–Crippen MR) is 124 cm³/mol. The molecule has 0 aliphatic heterocycles. The molecule has 0 bridgehead atoms. The van der Waals surface area contributed by atoms with Crippen molar-refractivity contribution in [3.05, 3.63) is 54.5 Å². The maximum atomic E-state index is 12.4. The van der Waals surface area contributed by atoms with E-state index in [9.17, 15) is 8.42 Å². The molecule has 0 unspecified atom stereocenters. The number of hydrogen-bond acceptors (Lipinski definition) is 8. The third-order valence-corrected chi connectivity index (χ3v) is 6.42. The van der Waals surface area contributed by atoms with Crippen molar-refractivity contribution in [2.75, 3.05) is 17.3 Å². The standard InChI is InChI=1S/C21H24N8O2S/c1-13(2)28-32(30,31)17-7-5-6-15(10-17)24-20-22-12-23-21(25-20)29(4)16-8-9-18-14(3)26-27-19(18)11-16/h5-13,28H,1-4H3,(H,26,27)(H,22,23,24,25). The third-order valence-electron chi connectivity index (χ3n) is 4.77. The highest BCUT2D eigenvalue weighted by Gasteiger charge is 2.16. The van der Waals surface area contributed by atoms with E-state index in [0.717, 1.165) is 22.3 Å². The van der Waals surface area contributed by atoms with Crippen LogP contribution >= 0.6 is 0 Å². The zero-order valence-corrected chi connectivity index (χ0v) is 19.0. The van der Waals surface area contributed by atoms with Crippen LogP contribution in [0.25, 0.3) is 10.9 Å². The Morgan fingerprint density at radius 1 is 1.09 bits per heavy atom. The largest absolute Gasteiger partial charge is 0.324 e. The van der Waals surface area contributed by atoms with Crippen molar-refractivity contribution >= 4 is 44.2 Å². The molecule has 0 amide bonds. The topological polar surface area (TPSA) is 129 Å². The molecule has 0 atom stereocenters. The number of H-pyrrole nitrogens is 1. The van der Waals surface area contributed by atoms with Gasteiger partial charge in [-0.3, -0.25) is 5.10 Å². The van der Waals surface area contributed by atoms with E-state index in [1.807, 2.05) is 37.1 Å². The minimum absolute atomic E-state index is 0.158. The van der Waals surface area contributed by atoms with Crippen LogP contribution in [0.2, 0.25) is 0 Å². The van der Waals surface area contributed by atoms with E-state index in [1.54, 1.807) is 26.0 Å². The van der Waals surface area contributed by atoms with E-state index in [1.165, 1.54) is 18.5 Å². The predicted octanol–water partition coefficient (Wildman–Crippen LogP) is 3.25. The van der Waals surface area contributed by atoms with Crippen LogP contribution in [0.3, 0.4) is 0 Å². The second-order valence-electron chi connectivity index (χ2n) is 7.65. The summed E-state index contributed by atoms with van der Waals surface area (Å²) < 4.78 is 27.5. The summed E-state index contributed by atoms with van der Waals surface area (Å²) in [7, 11) is -1.76. The van der Waals surface area contributed by atoms with Crippen LogP contribution in [0.15, 0.2) is 53.7 Å². The lowest BCUT2D eigenvalue weighted by molar-refractivity contribution is 0.570. The molecule has 11 heteroatoms. The molecule has 0 fully saturated rings. The molecule has 2 aromatic heterocycles. The van der Waals surface area contributed by atoms with Gasteiger partial charge >= 0.3 is 0 Å². The first-order chi connectivity index (χ1) is 15.2. The number of sulfonamides is 1. The molecule has 2 aromatic carbocycles. The normalized spacial score (nSPS) is 11.8. The van der Waals surface area contributed by atoms with Gasteiger partial charge in [-0.2, -0.15) is 10.1 Å². The van der Waals surface area contributed by atoms with Gasteiger partial charge in [0.25, 0.3) is 0 Å². The molecule has 4 rings (SSSR count). The summed E-state index contributed by atoms with van der Waals surface area (Å²) in [5.74, 6) is 0.726. The van der Waals surface area contributed by atoms with Gasteiger partial charge in [-0.05, 0) is 57.2 Å². The van der Waals surface area contributed by atoms with E-state index in [4.69, 9.17) is 0 Å². The van der Waals surface area contributed by atoms with Gasteiger partial charge in [0.1, 0.15) is 6.33 Å². The van der Waals surface area contributed by atoms with Gasteiger partial charge in [0.05, 0.1) is 10.4 Å². The smallest absolute Gasteiger partial charge is 0.240 e. The van der Waals surface area contributed by atoms with E-state index in [2.05, 4.69) is 35.2 Å². The van der Waals surface area contributed by atoms with Crippen molar-refractivity contribution in [2.45, 2.75) is 31.7 Å². The summed E-state index contributed by atoms with van der Waals surface area (Å²) in [6.07, 6.45) is 1.40. The summed E-state index contributed by atoms with van der Waals surface area (Å²) in [6, 6.07) is 12.2. The van der Waals surface area contributed by atoms with Crippen molar-refractivity contribution in [3.8, 4) is 0 Å². The quantitative estimate of drug-likeness (QED) is 0.390. The number of anilines is 4. The molecule has 10 nitrogen and oxygen atoms in total. The minimum atomic E-state index is -3.61. The van der Waals surface area contributed by atoms with Crippen molar-refractivity contribution in [1.29, 1.82) is 0 Å². The summed E-state index contributed by atoms with van der Waals surface area (Å²) in [5, 5.41) is 11.4. The van der Waals surface area contributed by atoms with Crippen LogP contribution in [-0.2, 0) is 10.0 Å². The zero-order valence-electron chi connectivity index (χ0n) is 18.2. The maximum absolute atomic E-state index is 12.4. The Balaban J connectivity index is 1.57. The maximum Gasteiger partial charge on any atom is 0.240 e. The van der Waals surface area contributed by atoms with Crippen molar-refractivity contribution in [1.82, 2.24) is 29.9 Å². The number of aromatic nitrogens is 5. The monoisotopic (exact) mass is 452 g/mol. The molecule has 0 saturated heterocycles. The Kier molecular flexibility index (Phi) is 5.76. The SMILES string of the molecule is Cc1[nH]nc2cc(N(C)c3ncnc(Nc4cccc(S(=O)(=O)NC(C)C)c4)n3)ccc12. The average molecular weight is 453 g/mol. The van der Waals surface area contributed by atoms with Crippen LogP contribution in [0.4, 0.5) is 23.3 Å². The first kappa shape index (κ1) is 21.7. The molecular formula is C21H24N8O2S. The van der Waals surface area contributed by atoms with Crippen molar-refractivity contribution in [2.24, 2.45) is 0 Å². The fourth-order valence-electron chi connectivity index (χ4n) is 3.22. The van der Waals surface area contributed by atoms with Gasteiger partial charge in [-0.1, -0.05) is 6.07 Å². The van der Waals surface area contributed by atoms with Gasteiger partial charge in [-0.15, -0.1) is 0 Å². The summed E-state index contributed by atoms with van der Waals surface area (Å²) in [4.78, 5) is 14.9. The Morgan fingerprint density at radius 3 is 2.69 bits per heavy atom. The highest BCUT2D eigenvalue weighted by molar-refractivity contribution is 7.89. The van der Waals surface area contributed by atoms with Crippen LogP contribution < -0.4 is 14.9 Å². The Labute approximate surface area is 186 Å². The number of nitrogens with one attached hydrogen (secondary N) is 3. The van der Waals surface area contributed by atoms with E-state index >= 15 is 0 Å².